The van der Waals surface area contributed by atoms with Gasteiger partial charge in [-0.05, 0) is 12.8 Å². The van der Waals surface area contributed by atoms with Gasteiger partial charge in [0.1, 0.15) is 15.6 Å². The van der Waals surface area contributed by atoms with Crippen molar-refractivity contribution in [3.63, 3.8) is 0 Å². The van der Waals surface area contributed by atoms with Gasteiger partial charge in [0.2, 0.25) is 0 Å². The monoisotopic (exact) mass is 314 g/mol. The molecular weight excluding hydrogens is 283 g/mol. The second kappa shape index (κ2) is 15.4. The van der Waals surface area contributed by atoms with Crippen LogP contribution in [0.25, 0.3) is 0 Å². The van der Waals surface area contributed by atoms with Crippen molar-refractivity contribution in [1.82, 2.24) is 0 Å². The topological polar surface area (TPSA) is 77.4 Å². The molecule has 4 nitrogen and oxygen atoms in total. The summed E-state index contributed by atoms with van der Waals surface area (Å²) in [5, 5.41) is 9.05. The summed E-state index contributed by atoms with van der Waals surface area (Å²) in [5.74, 6) is 0. The van der Waals surface area contributed by atoms with Crippen LogP contribution < -0.4 is 18.9 Å². The molecule has 21 heavy (non-hydrogen) atoms. The molecule has 0 rings (SSSR count). The first-order valence-electron chi connectivity index (χ1n) is 8.11. The van der Waals surface area contributed by atoms with Crippen molar-refractivity contribution in [2.75, 3.05) is 0 Å². The fourth-order valence-electron chi connectivity index (χ4n) is 2.30. The van der Waals surface area contributed by atoms with Gasteiger partial charge < -0.3 is 9.66 Å². The molecule has 1 unspecified atom stereocenters. The normalized spacial score (nSPS) is 12.9. The van der Waals surface area contributed by atoms with Gasteiger partial charge in [-0.25, -0.2) is 8.42 Å². The quantitative estimate of drug-likeness (QED) is 0.294. The zero-order valence-corrected chi connectivity index (χ0v) is 14.7. The minimum Gasteiger partial charge on any atom is -0.746 e. The van der Waals surface area contributed by atoms with E-state index in [9.17, 15) is 13.0 Å². The number of hydrogen-bond acceptors (Lipinski definition) is 4. The Bertz CT molecular complexity index is 307. The average Bonchev–Trinajstić information content (AvgIpc) is 2.38. The Morgan fingerprint density at radius 1 is 0.810 bits per heavy atom. The van der Waals surface area contributed by atoms with Crippen molar-refractivity contribution < 1.29 is 36.9 Å². The number of unbranched alkanes of at least 4 members (excludes halogenated alkanes) is 11. The van der Waals surface area contributed by atoms with E-state index in [1.165, 1.54) is 51.4 Å². The second-order valence-corrected chi connectivity index (χ2v) is 7.15. The molecule has 122 valence electrons. The number of aliphatic hydroxyl groups is 1. The third-order valence-corrected chi connectivity index (χ3v) is 4.54. The molecule has 0 aliphatic heterocycles. The van der Waals surface area contributed by atoms with E-state index >= 15 is 0 Å². The number of aliphatic hydroxyl groups excluding tert-OH is 1. The Morgan fingerprint density at radius 2 is 1.14 bits per heavy atom. The van der Waals surface area contributed by atoms with E-state index in [1.54, 1.807) is 0 Å². The first kappa shape index (κ1) is 23.7. The van der Waals surface area contributed by atoms with Crippen molar-refractivity contribution in [3.8, 4) is 0 Å². The van der Waals surface area contributed by atoms with E-state index in [0.717, 1.165) is 19.3 Å². The molecule has 0 fully saturated rings. The Balaban J connectivity index is 0. The summed E-state index contributed by atoms with van der Waals surface area (Å²) in [6, 6.07) is 0. The van der Waals surface area contributed by atoms with Gasteiger partial charge in [0, 0.05) is 0 Å². The van der Waals surface area contributed by atoms with Gasteiger partial charge in [-0.2, -0.15) is 0 Å². The summed E-state index contributed by atoms with van der Waals surface area (Å²) in [5.41, 5.74) is -1.72. The molecule has 0 spiro atoms. The molecule has 0 aliphatic rings. The van der Waals surface area contributed by atoms with Crippen LogP contribution in [0, 0.1) is 0 Å². The van der Waals surface area contributed by atoms with Gasteiger partial charge in [-0.15, -0.1) is 0 Å². The smallest absolute Gasteiger partial charge is 0.746 e. The zero-order chi connectivity index (χ0) is 15.3. The number of hydrogen-bond donors (Lipinski definition) is 1. The molecule has 1 N–H and O–H groups in total. The average molecular weight is 314 g/mol. The van der Waals surface area contributed by atoms with Crippen LogP contribution in [-0.2, 0) is 10.1 Å². The van der Waals surface area contributed by atoms with E-state index in [0.29, 0.717) is 6.42 Å². The van der Waals surface area contributed by atoms with E-state index < -0.39 is 15.6 Å². The summed E-state index contributed by atoms with van der Waals surface area (Å²) in [4.78, 5) is 0. The fourth-order valence-corrected chi connectivity index (χ4v) is 2.76. The molecule has 0 heterocycles. The van der Waals surface area contributed by atoms with Crippen LogP contribution in [0.3, 0.4) is 0 Å². The third kappa shape index (κ3) is 16.7. The Labute approximate surface area is 143 Å². The molecule has 6 heteroatoms. The number of rotatable bonds is 14. The first-order chi connectivity index (χ1) is 9.48. The standard InChI is InChI=1S/C15H32O4S.Li/c1-2-3-4-5-6-7-8-9-10-11-12-13-14-15(16)20(17,18)19;/h15-16H,2-14H2,1H3,(H,17,18,19);/q;+1/p-1. The van der Waals surface area contributed by atoms with Gasteiger partial charge in [0.15, 0.2) is 0 Å². The molecule has 0 aromatic carbocycles. The van der Waals surface area contributed by atoms with Gasteiger partial charge in [0.25, 0.3) is 0 Å². The minimum atomic E-state index is -4.51. The molecule has 0 aliphatic carbocycles. The van der Waals surface area contributed by atoms with Crippen LogP contribution in [0.2, 0.25) is 0 Å². The maximum absolute atomic E-state index is 10.5. The predicted molar refractivity (Wildman–Crippen MR) is 81.4 cm³/mol. The Kier molecular flexibility index (Phi) is 17.4. The largest absolute Gasteiger partial charge is 1.00 e. The van der Waals surface area contributed by atoms with Crippen molar-refractivity contribution in [2.45, 2.75) is 95.8 Å². The second-order valence-electron chi connectivity index (χ2n) is 5.63. The van der Waals surface area contributed by atoms with Crippen LogP contribution >= 0.6 is 0 Å². The van der Waals surface area contributed by atoms with Gasteiger partial charge in [-0.3, -0.25) is 0 Å². The molecule has 0 aromatic heterocycles. The third-order valence-electron chi connectivity index (χ3n) is 3.64. The maximum Gasteiger partial charge on any atom is 1.00 e. The zero-order valence-electron chi connectivity index (χ0n) is 13.8. The van der Waals surface area contributed by atoms with Gasteiger partial charge in [0.05, 0.1) is 0 Å². The van der Waals surface area contributed by atoms with E-state index in [4.69, 9.17) is 5.11 Å². The molecule has 0 radical (unpaired) electrons. The molecular formula is C15H31LiO4S. The molecule has 0 saturated heterocycles. The van der Waals surface area contributed by atoms with Gasteiger partial charge >= 0.3 is 18.9 Å². The Morgan fingerprint density at radius 3 is 1.48 bits per heavy atom. The molecule has 0 amide bonds. The molecule has 1 atom stereocenters. The van der Waals surface area contributed by atoms with Crippen LogP contribution in [0.1, 0.15) is 90.4 Å². The van der Waals surface area contributed by atoms with Crippen molar-refractivity contribution in [3.05, 3.63) is 0 Å². The van der Waals surface area contributed by atoms with E-state index in [1.807, 2.05) is 0 Å². The maximum atomic E-state index is 10.5. The molecule has 0 aromatic rings. The SMILES string of the molecule is CCCCCCCCCCCCCCC(O)S(=O)(=O)[O-].[Li+]. The van der Waals surface area contributed by atoms with Crippen LogP contribution in [0.5, 0.6) is 0 Å². The van der Waals surface area contributed by atoms with Crippen molar-refractivity contribution in [2.24, 2.45) is 0 Å². The van der Waals surface area contributed by atoms with Crippen molar-refractivity contribution >= 4 is 10.1 Å². The Hall–Kier alpha value is 0.467. The summed E-state index contributed by atoms with van der Waals surface area (Å²) in [6.45, 7) is 2.23. The molecule has 0 bridgehead atoms. The van der Waals surface area contributed by atoms with E-state index in [-0.39, 0.29) is 25.3 Å². The van der Waals surface area contributed by atoms with Gasteiger partial charge in [-0.1, -0.05) is 77.6 Å². The molecule has 0 saturated carbocycles. The summed E-state index contributed by atoms with van der Waals surface area (Å²) >= 11 is 0. The summed E-state index contributed by atoms with van der Waals surface area (Å²) in [6.07, 6.45) is 14.3. The van der Waals surface area contributed by atoms with Crippen LogP contribution in [-0.4, -0.2) is 23.5 Å². The fraction of sp³-hybridized carbons (Fsp3) is 1.00. The van der Waals surface area contributed by atoms with Crippen LogP contribution in [0.15, 0.2) is 0 Å². The minimum absolute atomic E-state index is 0. The van der Waals surface area contributed by atoms with E-state index in [2.05, 4.69) is 6.92 Å². The van der Waals surface area contributed by atoms with Crippen LogP contribution in [0.4, 0.5) is 0 Å². The predicted octanol–water partition coefficient (Wildman–Crippen LogP) is 0.945. The first-order valence-corrected chi connectivity index (χ1v) is 9.58. The summed E-state index contributed by atoms with van der Waals surface area (Å²) in [7, 11) is -4.51. The summed E-state index contributed by atoms with van der Waals surface area (Å²) < 4.78 is 31.4. The van der Waals surface area contributed by atoms with Crippen molar-refractivity contribution in [1.29, 1.82) is 0 Å².